The van der Waals surface area contributed by atoms with E-state index < -0.39 is 30.5 Å². The Morgan fingerprint density at radius 2 is 2.19 bits per heavy atom. The molecule has 1 aliphatic rings. The van der Waals surface area contributed by atoms with Gasteiger partial charge in [0.05, 0.1) is 24.9 Å². The van der Waals surface area contributed by atoms with Crippen molar-refractivity contribution >= 4 is 11.8 Å². The number of morpholine rings is 1. The summed E-state index contributed by atoms with van der Waals surface area (Å²) in [7, 11) is 1.62. The van der Waals surface area contributed by atoms with Crippen molar-refractivity contribution in [2.45, 2.75) is 31.7 Å². The lowest BCUT2D eigenvalue weighted by Crippen LogP contribution is -2.59. The molecule has 1 aromatic heterocycles. The first kappa shape index (κ1) is 15.6. The summed E-state index contributed by atoms with van der Waals surface area (Å²) in [6, 6.07) is 0.953. The zero-order valence-corrected chi connectivity index (χ0v) is 11.9. The summed E-state index contributed by atoms with van der Waals surface area (Å²) in [6.07, 6.45) is -5.02. The third kappa shape index (κ3) is 3.66. The maximum Gasteiger partial charge on any atom is 0.416 e. The summed E-state index contributed by atoms with van der Waals surface area (Å²) in [5.41, 5.74) is -1.07. The molecule has 1 N–H and O–H groups in total. The van der Waals surface area contributed by atoms with E-state index >= 15 is 0 Å². The lowest BCUT2D eigenvalue weighted by Gasteiger charge is -2.42. The fourth-order valence-electron chi connectivity index (χ4n) is 2.19. The minimum atomic E-state index is -4.51. The normalized spacial score (nSPS) is 22.2. The smallest absolute Gasteiger partial charge is 0.359 e. The van der Waals surface area contributed by atoms with Crippen LogP contribution in [0.5, 0.6) is 0 Å². The molecule has 0 radical (unpaired) electrons. The first-order chi connectivity index (χ1) is 9.58. The van der Waals surface area contributed by atoms with Crippen LogP contribution in [0.25, 0.3) is 0 Å². The van der Waals surface area contributed by atoms with Crippen LogP contribution in [-0.2, 0) is 11.8 Å². The molecular formula is C12H17F3N4O2. The molecule has 2 rings (SSSR count). The largest absolute Gasteiger partial charge is 0.416 e. The van der Waals surface area contributed by atoms with Crippen LogP contribution >= 0.6 is 0 Å². The van der Waals surface area contributed by atoms with E-state index in [0.717, 1.165) is 4.90 Å². The summed E-state index contributed by atoms with van der Waals surface area (Å²) >= 11 is 0. The minimum Gasteiger partial charge on any atom is -0.359 e. The van der Waals surface area contributed by atoms with Gasteiger partial charge in [0, 0.05) is 13.1 Å². The van der Waals surface area contributed by atoms with Gasteiger partial charge in [0.15, 0.2) is 6.10 Å². The van der Waals surface area contributed by atoms with E-state index in [-0.39, 0.29) is 6.54 Å². The molecule has 1 saturated heterocycles. The third-order valence-corrected chi connectivity index (χ3v) is 3.13. The Morgan fingerprint density at radius 3 is 2.71 bits per heavy atom. The van der Waals surface area contributed by atoms with Gasteiger partial charge in [-0.15, -0.1) is 0 Å². The molecule has 1 atom stereocenters. The molecule has 1 fully saturated rings. The average Bonchev–Trinajstić information content (AvgIpc) is 2.72. The number of nitrogens with one attached hydrogen (secondary N) is 1. The van der Waals surface area contributed by atoms with Crippen molar-refractivity contribution in [1.82, 2.24) is 14.7 Å². The predicted molar refractivity (Wildman–Crippen MR) is 68.8 cm³/mol. The molecule has 0 unspecified atom stereocenters. The van der Waals surface area contributed by atoms with Crippen molar-refractivity contribution in [3.63, 3.8) is 0 Å². The molecule has 6 nitrogen and oxygen atoms in total. The lowest BCUT2D eigenvalue weighted by molar-refractivity contribution is -0.267. The Kier molecular flexibility index (Phi) is 3.87. The van der Waals surface area contributed by atoms with E-state index in [1.54, 1.807) is 13.1 Å². The highest BCUT2D eigenvalue weighted by atomic mass is 19.4. The number of amides is 2. The van der Waals surface area contributed by atoms with Crippen LogP contribution < -0.4 is 5.32 Å². The van der Waals surface area contributed by atoms with Crippen LogP contribution in [0, 0.1) is 0 Å². The second-order valence-electron chi connectivity index (χ2n) is 5.56. The minimum absolute atomic E-state index is 0.0727. The number of carbonyl (C=O) groups is 1. The molecule has 118 valence electrons. The monoisotopic (exact) mass is 306 g/mol. The summed E-state index contributed by atoms with van der Waals surface area (Å²) in [6.45, 7) is 2.59. The molecule has 2 heterocycles. The van der Waals surface area contributed by atoms with Crippen LogP contribution in [0.3, 0.4) is 0 Å². The van der Waals surface area contributed by atoms with E-state index in [4.69, 9.17) is 4.74 Å². The number of aryl methyl sites for hydroxylation is 1. The van der Waals surface area contributed by atoms with Gasteiger partial charge in [-0.2, -0.15) is 18.3 Å². The number of carbonyl (C=O) groups excluding carboxylic acids is 1. The number of hydrogen-bond donors (Lipinski definition) is 1. The molecule has 0 aromatic carbocycles. The van der Waals surface area contributed by atoms with Crippen LogP contribution in [0.4, 0.5) is 23.8 Å². The van der Waals surface area contributed by atoms with Gasteiger partial charge in [-0.25, -0.2) is 4.79 Å². The molecular weight excluding hydrogens is 289 g/mol. The van der Waals surface area contributed by atoms with Crippen molar-refractivity contribution in [1.29, 1.82) is 0 Å². The van der Waals surface area contributed by atoms with Gasteiger partial charge in [0.25, 0.3) is 0 Å². The molecule has 0 saturated carbocycles. The zero-order valence-electron chi connectivity index (χ0n) is 11.9. The third-order valence-electron chi connectivity index (χ3n) is 3.13. The molecule has 1 aromatic rings. The lowest BCUT2D eigenvalue weighted by atomic mass is 10.1. The molecule has 0 spiro atoms. The molecule has 0 aliphatic carbocycles. The molecule has 9 heteroatoms. The Labute approximate surface area is 119 Å². The summed E-state index contributed by atoms with van der Waals surface area (Å²) < 4.78 is 45.0. The maximum atomic E-state index is 12.9. The first-order valence-corrected chi connectivity index (χ1v) is 6.37. The highest BCUT2D eigenvalue weighted by Crippen LogP contribution is 2.31. The number of anilines is 1. The van der Waals surface area contributed by atoms with Crippen molar-refractivity contribution in [2.24, 2.45) is 7.05 Å². The van der Waals surface area contributed by atoms with E-state index in [1.165, 1.54) is 24.7 Å². The Hall–Kier alpha value is -1.77. The Balaban J connectivity index is 2.11. The van der Waals surface area contributed by atoms with Crippen LogP contribution in [0.2, 0.25) is 0 Å². The standard InChI is InChI=1S/C12H17F3N4O2/c1-11(2)7-19(6-8(21-11)12(13,14)15)10(20)17-9-4-5-16-18(9)3/h4-5,8H,6-7H2,1-3H3,(H,17,20)/t8-/m0/s1. The fraction of sp³-hybridized carbons (Fsp3) is 0.667. The van der Waals surface area contributed by atoms with Gasteiger partial charge in [0.2, 0.25) is 0 Å². The number of aromatic nitrogens is 2. The number of alkyl halides is 3. The highest BCUT2D eigenvalue weighted by Gasteiger charge is 2.49. The van der Waals surface area contributed by atoms with E-state index in [9.17, 15) is 18.0 Å². The van der Waals surface area contributed by atoms with Crippen LogP contribution in [-0.4, -0.2) is 51.7 Å². The van der Waals surface area contributed by atoms with Gasteiger partial charge in [-0.1, -0.05) is 0 Å². The van der Waals surface area contributed by atoms with E-state index in [1.807, 2.05) is 0 Å². The van der Waals surface area contributed by atoms with Gasteiger partial charge in [-0.05, 0) is 13.8 Å². The topological polar surface area (TPSA) is 59.4 Å². The highest BCUT2D eigenvalue weighted by molar-refractivity contribution is 5.88. The van der Waals surface area contributed by atoms with Gasteiger partial charge < -0.3 is 9.64 Å². The quantitative estimate of drug-likeness (QED) is 0.863. The van der Waals surface area contributed by atoms with Gasteiger partial charge in [0.1, 0.15) is 5.82 Å². The molecule has 1 aliphatic heterocycles. The number of halogens is 3. The Morgan fingerprint density at radius 1 is 1.52 bits per heavy atom. The zero-order chi connectivity index (χ0) is 15.8. The van der Waals surface area contributed by atoms with Crippen molar-refractivity contribution in [2.75, 3.05) is 18.4 Å². The molecule has 21 heavy (non-hydrogen) atoms. The second kappa shape index (κ2) is 5.21. The SMILES string of the molecule is Cn1nccc1NC(=O)N1C[C@@H](C(F)(F)F)OC(C)(C)C1. The maximum absolute atomic E-state index is 12.9. The first-order valence-electron chi connectivity index (χ1n) is 6.37. The molecule has 2 amide bonds. The number of rotatable bonds is 1. The summed E-state index contributed by atoms with van der Waals surface area (Å²) in [5.74, 6) is 0.410. The predicted octanol–water partition coefficient (Wildman–Crippen LogP) is 1.99. The average molecular weight is 306 g/mol. The van der Waals surface area contributed by atoms with Crippen molar-refractivity contribution in [3.8, 4) is 0 Å². The van der Waals surface area contributed by atoms with Gasteiger partial charge >= 0.3 is 12.2 Å². The number of hydrogen-bond acceptors (Lipinski definition) is 3. The van der Waals surface area contributed by atoms with Crippen molar-refractivity contribution in [3.05, 3.63) is 12.3 Å². The van der Waals surface area contributed by atoms with E-state index in [2.05, 4.69) is 10.4 Å². The Bertz CT molecular complexity index is 527. The van der Waals surface area contributed by atoms with Gasteiger partial charge in [-0.3, -0.25) is 10.00 Å². The second-order valence-corrected chi connectivity index (χ2v) is 5.56. The number of urea groups is 1. The molecule has 0 bridgehead atoms. The fourth-order valence-corrected chi connectivity index (χ4v) is 2.19. The van der Waals surface area contributed by atoms with Crippen molar-refractivity contribution < 1.29 is 22.7 Å². The summed E-state index contributed by atoms with van der Waals surface area (Å²) in [4.78, 5) is 13.2. The summed E-state index contributed by atoms with van der Waals surface area (Å²) in [5, 5.41) is 6.41. The number of nitrogens with zero attached hydrogens (tertiary/aromatic N) is 3. The van der Waals surface area contributed by atoms with Crippen LogP contribution in [0.15, 0.2) is 12.3 Å². The van der Waals surface area contributed by atoms with E-state index in [0.29, 0.717) is 5.82 Å². The number of ether oxygens (including phenoxy) is 1. The van der Waals surface area contributed by atoms with Crippen LogP contribution in [0.1, 0.15) is 13.8 Å².